The van der Waals surface area contributed by atoms with Gasteiger partial charge in [0.1, 0.15) is 5.60 Å². The fourth-order valence-corrected chi connectivity index (χ4v) is 4.64. The highest BCUT2D eigenvalue weighted by atomic mass is 35.5. The van der Waals surface area contributed by atoms with Gasteiger partial charge in [-0.2, -0.15) is 13.2 Å². The van der Waals surface area contributed by atoms with Crippen LogP contribution >= 0.6 is 23.2 Å². The lowest BCUT2D eigenvalue weighted by Gasteiger charge is -2.31. The molecule has 1 unspecified atom stereocenters. The standard InChI is InChI=1S/C26H29Cl2F4NO3/c1-14(26(30,31)32)19(15-5-8-17(27)9-6-15)22(34)33-21-18(28)10-7-16(20(21)29)13-25(11-12-25)23(35)36-24(2,3)4/h5,7-10,14-15,19H,6,11-13H2,1-4H3,(H,33,34)/t14-,15?,19+/m1/s1. The zero-order chi connectivity index (χ0) is 27.1. The maximum atomic E-state index is 15.5. The highest BCUT2D eigenvalue weighted by Gasteiger charge is 2.52. The fraction of sp³-hybridized carbons (Fsp3) is 0.538. The van der Waals surface area contributed by atoms with Gasteiger partial charge in [-0.25, -0.2) is 4.39 Å². The lowest BCUT2D eigenvalue weighted by molar-refractivity contribution is -0.188. The predicted molar refractivity (Wildman–Crippen MR) is 131 cm³/mol. The summed E-state index contributed by atoms with van der Waals surface area (Å²) < 4.78 is 62.0. The van der Waals surface area contributed by atoms with Gasteiger partial charge in [-0.3, -0.25) is 9.59 Å². The minimum absolute atomic E-state index is 0.0187. The van der Waals surface area contributed by atoms with Gasteiger partial charge in [0.25, 0.3) is 0 Å². The van der Waals surface area contributed by atoms with E-state index in [0.29, 0.717) is 17.9 Å². The molecule has 1 N–H and O–H groups in total. The Labute approximate surface area is 218 Å². The van der Waals surface area contributed by atoms with E-state index in [0.717, 1.165) is 6.92 Å². The van der Waals surface area contributed by atoms with Crippen LogP contribution in [0.15, 0.2) is 35.4 Å². The van der Waals surface area contributed by atoms with E-state index in [9.17, 15) is 22.8 Å². The quantitative estimate of drug-likeness (QED) is 0.281. The average molecular weight is 550 g/mol. The number of amides is 1. The molecule has 2 aliphatic rings. The number of allylic oxidation sites excluding steroid dienone is 4. The van der Waals surface area contributed by atoms with Crippen molar-refractivity contribution in [1.82, 2.24) is 0 Å². The maximum Gasteiger partial charge on any atom is 0.392 e. The lowest BCUT2D eigenvalue weighted by atomic mass is 9.78. The Morgan fingerprint density at radius 2 is 1.83 bits per heavy atom. The summed E-state index contributed by atoms with van der Waals surface area (Å²) in [6.07, 6.45) is 0.960. The molecule has 1 amide bonds. The van der Waals surface area contributed by atoms with Gasteiger partial charge in [-0.05, 0) is 70.1 Å². The zero-order valence-electron chi connectivity index (χ0n) is 20.4. The van der Waals surface area contributed by atoms with Crippen molar-refractivity contribution in [1.29, 1.82) is 0 Å². The first kappa shape index (κ1) is 28.5. The SMILES string of the molecule is C[C@H]([C@H](C(=O)Nc1c(Cl)ccc(CC2(C(=O)OC(C)(C)C)CC2)c1F)C1C=CC(Cl)=CC1)C(F)(F)F. The third kappa shape index (κ3) is 6.62. The summed E-state index contributed by atoms with van der Waals surface area (Å²) in [4.78, 5) is 25.8. The van der Waals surface area contributed by atoms with Crippen molar-refractivity contribution < 1.29 is 31.9 Å². The molecule has 0 bridgehead atoms. The van der Waals surface area contributed by atoms with Crippen molar-refractivity contribution in [3.63, 3.8) is 0 Å². The van der Waals surface area contributed by atoms with Crippen LogP contribution in [0.3, 0.4) is 0 Å². The van der Waals surface area contributed by atoms with Crippen LogP contribution in [0.2, 0.25) is 5.02 Å². The summed E-state index contributed by atoms with van der Waals surface area (Å²) >= 11 is 12.0. The van der Waals surface area contributed by atoms with E-state index in [2.05, 4.69) is 5.32 Å². The number of halogens is 6. The van der Waals surface area contributed by atoms with E-state index in [1.54, 1.807) is 20.8 Å². The van der Waals surface area contributed by atoms with Crippen molar-refractivity contribution in [3.8, 4) is 0 Å². The molecule has 0 aliphatic heterocycles. The van der Waals surface area contributed by atoms with Crippen LogP contribution in [-0.4, -0.2) is 23.7 Å². The maximum absolute atomic E-state index is 15.5. The fourth-order valence-electron chi connectivity index (χ4n) is 4.28. The second-order valence-electron chi connectivity index (χ2n) is 10.5. The van der Waals surface area contributed by atoms with Crippen LogP contribution in [0, 0.1) is 29.0 Å². The predicted octanol–water partition coefficient (Wildman–Crippen LogP) is 7.60. The van der Waals surface area contributed by atoms with Gasteiger partial charge in [-0.15, -0.1) is 0 Å². The van der Waals surface area contributed by atoms with Crippen LogP contribution < -0.4 is 5.32 Å². The Kier molecular flexibility index (Phi) is 8.21. The molecule has 10 heteroatoms. The van der Waals surface area contributed by atoms with Gasteiger partial charge >= 0.3 is 12.1 Å². The van der Waals surface area contributed by atoms with Gasteiger partial charge in [0, 0.05) is 5.03 Å². The molecular formula is C26H29Cl2F4NO3. The molecule has 36 heavy (non-hydrogen) atoms. The van der Waals surface area contributed by atoms with Crippen molar-refractivity contribution >= 4 is 40.8 Å². The second kappa shape index (κ2) is 10.4. The molecule has 3 atom stereocenters. The molecule has 0 heterocycles. The number of carbonyl (C=O) groups is 2. The molecular weight excluding hydrogens is 521 g/mol. The highest BCUT2D eigenvalue weighted by Crippen LogP contribution is 2.51. The first-order valence-electron chi connectivity index (χ1n) is 11.7. The van der Waals surface area contributed by atoms with Crippen molar-refractivity contribution in [2.45, 2.75) is 65.2 Å². The summed E-state index contributed by atoms with van der Waals surface area (Å²) in [5.74, 6) is -6.68. The molecule has 1 fully saturated rings. The minimum Gasteiger partial charge on any atom is -0.460 e. The largest absolute Gasteiger partial charge is 0.460 e. The van der Waals surface area contributed by atoms with Crippen molar-refractivity contribution in [2.24, 2.45) is 23.2 Å². The second-order valence-corrected chi connectivity index (χ2v) is 11.4. The van der Waals surface area contributed by atoms with Gasteiger partial charge in [0.15, 0.2) is 5.82 Å². The summed E-state index contributed by atoms with van der Waals surface area (Å²) in [7, 11) is 0. The lowest BCUT2D eigenvalue weighted by Crippen LogP contribution is -2.40. The molecule has 3 rings (SSSR count). The third-order valence-corrected chi connectivity index (χ3v) is 7.14. The van der Waals surface area contributed by atoms with E-state index in [4.69, 9.17) is 27.9 Å². The topological polar surface area (TPSA) is 55.4 Å². The Morgan fingerprint density at radius 1 is 1.19 bits per heavy atom. The Balaban J connectivity index is 1.87. The van der Waals surface area contributed by atoms with Crippen LogP contribution in [0.1, 0.15) is 52.5 Å². The average Bonchev–Trinajstić information content (AvgIpc) is 3.54. The number of hydrogen-bond donors (Lipinski definition) is 1. The number of anilines is 1. The molecule has 2 aliphatic carbocycles. The number of benzene rings is 1. The molecule has 1 aromatic rings. The van der Waals surface area contributed by atoms with Crippen LogP contribution in [0.25, 0.3) is 0 Å². The number of alkyl halides is 3. The Bertz CT molecular complexity index is 1090. The van der Waals surface area contributed by atoms with Crippen molar-refractivity contribution in [2.75, 3.05) is 5.32 Å². The zero-order valence-corrected chi connectivity index (χ0v) is 22.0. The Morgan fingerprint density at radius 3 is 2.33 bits per heavy atom. The number of hydrogen-bond acceptors (Lipinski definition) is 3. The number of esters is 1. The molecule has 4 nitrogen and oxygen atoms in total. The Hall–Kier alpha value is -2.06. The van der Waals surface area contributed by atoms with Gasteiger partial charge in [-0.1, -0.05) is 48.3 Å². The molecule has 0 radical (unpaired) electrons. The van der Waals surface area contributed by atoms with E-state index >= 15 is 4.39 Å². The molecule has 0 aromatic heterocycles. The van der Waals surface area contributed by atoms with E-state index in [1.165, 1.54) is 30.4 Å². The van der Waals surface area contributed by atoms with Gasteiger partial charge in [0.2, 0.25) is 5.91 Å². The molecule has 1 saturated carbocycles. The first-order chi connectivity index (χ1) is 16.5. The minimum atomic E-state index is -4.66. The van der Waals surface area contributed by atoms with Crippen LogP contribution in [0.5, 0.6) is 0 Å². The monoisotopic (exact) mass is 549 g/mol. The summed E-state index contributed by atoms with van der Waals surface area (Å²) in [5, 5.41) is 2.51. The number of nitrogens with one attached hydrogen (secondary N) is 1. The van der Waals surface area contributed by atoms with Crippen LogP contribution in [0.4, 0.5) is 23.2 Å². The van der Waals surface area contributed by atoms with E-state index in [-0.39, 0.29) is 23.4 Å². The number of carbonyl (C=O) groups excluding carboxylic acids is 2. The van der Waals surface area contributed by atoms with E-state index < -0.39 is 58.3 Å². The van der Waals surface area contributed by atoms with Gasteiger partial charge in [0.05, 0.1) is 28.0 Å². The number of ether oxygens (including phenoxy) is 1. The van der Waals surface area contributed by atoms with Crippen molar-refractivity contribution in [3.05, 3.63) is 51.8 Å². The molecule has 1 aromatic carbocycles. The highest BCUT2D eigenvalue weighted by molar-refractivity contribution is 6.33. The third-order valence-electron chi connectivity index (χ3n) is 6.54. The molecule has 198 valence electrons. The first-order valence-corrected chi connectivity index (χ1v) is 12.4. The number of rotatable bonds is 7. The molecule has 0 spiro atoms. The summed E-state index contributed by atoms with van der Waals surface area (Å²) in [6.45, 7) is 6.13. The molecule has 0 saturated heterocycles. The normalized spacial score (nSPS) is 20.8. The summed E-state index contributed by atoms with van der Waals surface area (Å²) in [5.41, 5.74) is -1.88. The summed E-state index contributed by atoms with van der Waals surface area (Å²) in [6, 6.07) is 2.76. The van der Waals surface area contributed by atoms with E-state index in [1.807, 2.05) is 0 Å². The smallest absolute Gasteiger partial charge is 0.392 e. The van der Waals surface area contributed by atoms with Gasteiger partial charge < -0.3 is 10.1 Å². The van der Waals surface area contributed by atoms with Crippen LogP contribution in [-0.2, 0) is 20.7 Å².